The summed E-state index contributed by atoms with van der Waals surface area (Å²) in [5.74, 6) is -0.907. The number of aliphatic hydroxyl groups excluding tert-OH is 1. The van der Waals surface area contributed by atoms with Crippen molar-refractivity contribution in [3.8, 4) is 0 Å². The van der Waals surface area contributed by atoms with Gasteiger partial charge in [0.1, 0.15) is 6.04 Å². The molecule has 0 heterocycles. The highest BCUT2D eigenvalue weighted by atomic mass is 16.3. The number of amides is 2. The van der Waals surface area contributed by atoms with Crippen molar-refractivity contribution in [3.05, 3.63) is 0 Å². The highest BCUT2D eigenvalue weighted by Gasteiger charge is 2.31. The second-order valence-electron chi connectivity index (χ2n) is 8.69. The molecular weight excluding hydrogens is 398 g/mol. The first-order valence-corrected chi connectivity index (χ1v) is 11.5. The van der Waals surface area contributed by atoms with Crippen molar-refractivity contribution >= 4 is 17.6 Å². The first kappa shape index (κ1) is 29.5. The summed E-state index contributed by atoms with van der Waals surface area (Å²) in [6.45, 7) is 9.90. The van der Waals surface area contributed by atoms with E-state index in [1.54, 1.807) is 13.8 Å². The van der Waals surface area contributed by atoms with Gasteiger partial charge < -0.3 is 32.5 Å². The van der Waals surface area contributed by atoms with E-state index in [-0.39, 0.29) is 24.8 Å². The topological polar surface area (TPSA) is 160 Å². The van der Waals surface area contributed by atoms with Gasteiger partial charge in [0.25, 0.3) is 0 Å². The Morgan fingerprint density at radius 2 is 1.48 bits per heavy atom. The molecule has 182 valence electrons. The fourth-order valence-electron chi connectivity index (χ4n) is 3.13. The molecule has 0 rings (SSSR count). The van der Waals surface area contributed by atoms with Gasteiger partial charge in [-0.1, -0.05) is 53.4 Å². The number of Topliss-reactive ketones (excluding diaryl/α,β-unsaturated/α-hetero) is 1. The number of carbonyl (C=O) groups excluding carboxylic acids is 3. The fourth-order valence-corrected chi connectivity index (χ4v) is 3.13. The van der Waals surface area contributed by atoms with Gasteiger partial charge in [0, 0.05) is 19.0 Å². The van der Waals surface area contributed by atoms with Crippen molar-refractivity contribution in [2.45, 2.75) is 91.0 Å². The summed E-state index contributed by atoms with van der Waals surface area (Å²) in [5, 5.41) is 18.2. The zero-order valence-electron chi connectivity index (χ0n) is 19.9. The summed E-state index contributed by atoms with van der Waals surface area (Å²) in [5.41, 5.74) is 11.3. The number of nitrogens with two attached hydrogens (primary N) is 2. The molecule has 0 spiro atoms. The van der Waals surface area contributed by atoms with Gasteiger partial charge in [-0.05, 0) is 25.8 Å². The Bertz CT molecular complexity index is 542. The van der Waals surface area contributed by atoms with E-state index in [2.05, 4.69) is 29.8 Å². The SMILES string of the molecule is CC[C@H](C)CCCCCN[C@@H](CN)C(=O)N[C@H](C(=O)N[C@@H](CN)C(=O)C(C)C)[C@H](C)O. The molecule has 0 aromatic rings. The molecule has 0 unspecified atom stereocenters. The Hall–Kier alpha value is -1.55. The minimum atomic E-state index is -1.21. The maximum atomic E-state index is 12.6. The highest BCUT2D eigenvalue weighted by molar-refractivity contribution is 5.94. The lowest BCUT2D eigenvalue weighted by atomic mass is 10.0. The third kappa shape index (κ3) is 11.6. The molecule has 0 aliphatic rings. The maximum absolute atomic E-state index is 12.6. The molecule has 0 saturated carbocycles. The number of rotatable bonds is 17. The van der Waals surface area contributed by atoms with Crippen LogP contribution in [0.2, 0.25) is 0 Å². The van der Waals surface area contributed by atoms with E-state index in [9.17, 15) is 19.5 Å². The maximum Gasteiger partial charge on any atom is 0.245 e. The smallest absolute Gasteiger partial charge is 0.245 e. The van der Waals surface area contributed by atoms with Crippen LogP contribution in [0, 0.1) is 11.8 Å². The van der Waals surface area contributed by atoms with Crippen molar-refractivity contribution in [2.24, 2.45) is 23.3 Å². The minimum Gasteiger partial charge on any atom is -0.391 e. The van der Waals surface area contributed by atoms with Crippen molar-refractivity contribution in [1.82, 2.24) is 16.0 Å². The molecule has 2 amide bonds. The average molecular weight is 444 g/mol. The minimum absolute atomic E-state index is 0.0596. The zero-order valence-corrected chi connectivity index (χ0v) is 19.9. The third-order valence-corrected chi connectivity index (χ3v) is 5.54. The Morgan fingerprint density at radius 1 is 0.871 bits per heavy atom. The average Bonchev–Trinajstić information content (AvgIpc) is 2.73. The van der Waals surface area contributed by atoms with Crippen molar-refractivity contribution in [3.63, 3.8) is 0 Å². The third-order valence-electron chi connectivity index (χ3n) is 5.54. The molecule has 9 heteroatoms. The summed E-state index contributed by atoms with van der Waals surface area (Å²) in [4.78, 5) is 37.4. The summed E-state index contributed by atoms with van der Waals surface area (Å²) >= 11 is 0. The number of unbranched alkanes of at least 4 members (excludes halogenated alkanes) is 2. The van der Waals surface area contributed by atoms with Crippen LogP contribution in [0.1, 0.15) is 66.7 Å². The first-order chi connectivity index (χ1) is 14.6. The van der Waals surface area contributed by atoms with Crippen LogP contribution in [0.4, 0.5) is 0 Å². The molecule has 5 atom stereocenters. The van der Waals surface area contributed by atoms with E-state index >= 15 is 0 Å². The van der Waals surface area contributed by atoms with Crippen LogP contribution in [0.5, 0.6) is 0 Å². The van der Waals surface area contributed by atoms with Crippen LogP contribution in [-0.2, 0) is 14.4 Å². The van der Waals surface area contributed by atoms with E-state index in [1.165, 1.54) is 19.8 Å². The fraction of sp³-hybridized carbons (Fsp3) is 0.864. The number of carbonyl (C=O) groups is 3. The second-order valence-corrected chi connectivity index (χ2v) is 8.69. The lowest BCUT2D eigenvalue weighted by molar-refractivity contribution is -0.134. The molecule has 0 bridgehead atoms. The predicted octanol–water partition coefficient (Wildman–Crippen LogP) is 0.0440. The van der Waals surface area contributed by atoms with Gasteiger partial charge >= 0.3 is 0 Å². The monoisotopic (exact) mass is 443 g/mol. The molecule has 0 aromatic carbocycles. The predicted molar refractivity (Wildman–Crippen MR) is 123 cm³/mol. The number of hydrogen-bond acceptors (Lipinski definition) is 7. The van der Waals surface area contributed by atoms with Gasteiger partial charge in [0.05, 0.1) is 18.2 Å². The molecule has 8 N–H and O–H groups in total. The molecule has 31 heavy (non-hydrogen) atoms. The number of aliphatic hydroxyl groups is 1. The molecule has 0 saturated heterocycles. The van der Waals surface area contributed by atoms with Gasteiger partial charge in [0.15, 0.2) is 5.78 Å². The van der Waals surface area contributed by atoms with E-state index in [0.717, 1.165) is 25.2 Å². The number of hydrogen-bond donors (Lipinski definition) is 6. The van der Waals surface area contributed by atoms with Crippen LogP contribution < -0.4 is 27.4 Å². The molecule has 9 nitrogen and oxygen atoms in total. The summed E-state index contributed by atoms with van der Waals surface area (Å²) in [6, 6.07) is -2.76. The molecule has 0 aliphatic carbocycles. The van der Waals surface area contributed by atoms with Crippen LogP contribution in [-0.4, -0.2) is 66.6 Å². The van der Waals surface area contributed by atoms with Gasteiger partial charge in [-0.15, -0.1) is 0 Å². The van der Waals surface area contributed by atoms with E-state index in [1.807, 2.05) is 0 Å². The summed E-state index contributed by atoms with van der Waals surface area (Å²) in [7, 11) is 0. The van der Waals surface area contributed by atoms with Crippen LogP contribution >= 0.6 is 0 Å². The zero-order chi connectivity index (χ0) is 24.0. The normalized spacial score (nSPS) is 16.3. The highest BCUT2D eigenvalue weighted by Crippen LogP contribution is 2.11. The first-order valence-electron chi connectivity index (χ1n) is 11.5. The van der Waals surface area contributed by atoms with Crippen LogP contribution in [0.15, 0.2) is 0 Å². The van der Waals surface area contributed by atoms with Crippen molar-refractivity contribution in [2.75, 3.05) is 19.6 Å². The van der Waals surface area contributed by atoms with E-state index in [0.29, 0.717) is 6.54 Å². The Kier molecular flexibility index (Phi) is 15.3. The quantitative estimate of drug-likeness (QED) is 0.173. The Balaban J connectivity index is 4.71. The standard InChI is InChI=1S/C22H45N5O4/c1-6-15(4)10-8-7-9-11-25-18(13-24)21(30)27-19(16(5)28)22(31)26-17(12-23)20(29)14(2)3/h14-19,25,28H,6-13,23-24H2,1-5H3,(H,26,31)(H,27,30)/t15-,16-,17-,18-,19-/m0/s1. The van der Waals surface area contributed by atoms with Crippen LogP contribution in [0.25, 0.3) is 0 Å². The van der Waals surface area contributed by atoms with Gasteiger partial charge in [-0.25, -0.2) is 0 Å². The van der Waals surface area contributed by atoms with Crippen LogP contribution in [0.3, 0.4) is 0 Å². The van der Waals surface area contributed by atoms with Gasteiger partial charge in [-0.3, -0.25) is 14.4 Å². The van der Waals surface area contributed by atoms with Crippen molar-refractivity contribution in [1.29, 1.82) is 0 Å². The van der Waals surface area contributed by atoms with Gasteiger partial charge in [0.2, 0.25) is 11.8 Å². The van der Waals surface area contributed by atoms with Crippen molar-refractivity contribution < 1.29 is 19.5 Å². The molecule has 0 radical (unpaired) electrons. The molecular formula is C22H45N5O4. The lowest BCUT2D eigenvalue weighted by Gasteiger charge is -2.26. The Labute approximate surface area is 187 Å². The number of nitrogens with one attached hydrogen (secondary N) is 3. The van der Waals surface area contributed by atoms with E-state index < -0.39 is 36.0 Å². The number of ketones is 1. The summed E-state index contributed by atoms with van der Waals surface area (Å²) < 4.78 is 0. The molecule has 0 aromatic heterocycles. The summed E-state index contributed by atoms with van der Waals surface area (Å²) in [6.07, 6.45) is 4.37. The van der Waals surface area contributed by atoms with Gasteiger partial charge in [-0.2, -0.15) is 0 Å². The second kappa shape index (κ2) is 16.1. The molecule has 0 aliphatic heterocycles. The Morgan fingerprint density at radius 3 is 1.97 bits per heavy atom. The lowest BCUT2D eigenvalue weighted by Crippen LogP contribution is -2.60. The molecule has 0 fully saturated rings. The largest absolute Gasteiger partial charge is 0.391 e. The van der Waals surface area contributed by atoms with E-state index in [4.69, 9.17) is 11.5 Å².